The highest BCUT2D eigenvalue weighted by Crippen LogP contribution is 2.45. The summed E-state index contributed by atoms with van der Waals surface area (Å²) in [6.45, 7) is 2.29. The molecule has 1 aliphatic carbocycles. The van der Waals surface area contributed by atoms with Gasteiger partial charge in [-0.3, -0.25) is 4.98 Å². The first kappa shape index (κ1) is 22.0. The maximum Gasteiger partial charge on any atom is 0.121 e. The van der Waals surface area contributed by atoms with Crippen LogP contribution in [0, 0.1) is 0 Å². The summed E-state index contributed by atoms with van der Waals surface area (Å²) in [5.41, 5.74) is 13.3. The highest BCUT2D eigenvalue weighted by Gasteiger charge is 2.27. The smallest absolute Gasteiger partial charge is 0.121 e. The minimum absolute atomic E-state index is 0.219. The summed E-state index contributed by atoms with van der Waals surface area (Å²) in [7, 11) is 0. The Bertz CT molecular complexity index is 1290. The molecule has 35 heavy (non-hydrogen) atoms. The van der Waals surface area contributed by atoms with E-state index in [0.717, 1.165) is 71.9 Å². The molecule has 3 heterocycles. The van der Waals surface area contributed by atoms with E-state index in [1.807, 2.05) is 12.3 Å². The molecule has 0 atom stereocenters. The van der Waals surface area contributed by atoms with Gasteiger partial charge in [0, 0.05) is 60.5 Å². The number of aromatic nitrogens is 2. The van der Waals surface area contributed by atoms with E-state index in [2.05, 4.69) is 63.4 Å². The number of rotatable bonds is 7. The fourth-order valence-corrected chi connectivity index (χ4v) is 5.15. The highest BCUT2D eigenvalue weighted by molar-refractivity contribution is 6.01. The van der Waals surface area contributed by atoms with Crippen LogP contribution in [0.25, 0.3) is 22.2 Å². The monoisotopic (exact) mass is 468 g/mol. The lowest BCUT2D eigenvalue weighted by atomic mass is 9.92. The largest absolute Gasteiger partial charge is 0.490 e. The summed E-state index contributed by atoms with van der Waals surface area (Å²) in [6.07, 6.45) is 9.42. The second-order valence-electron chi connectivity index (χ2n) is 9.62. The minimum atomic E-state index is 0.219. The van der Waals surface area contributed by atoms with Crippen LogP contribution in [-0.4, -0.2) is 28.9 Å². The van der Waals surface area contributed by atoms with Gasteiger partial charge >= 0.3 is 0 Å². The summed E-state index contributed by atoms with van der Waals surface area (Å²) >= 11 is 0. The van der Waals surface area contributed by atoms with Crippen molar-refractivity contribution in [2.24, 2.45) is 0 Å². The van der Waals surface area contributed by atoms with Gasteiger partial charge in [-0.1, -0.05) is 18.2 Å². The highest BCUT2D eigenvalue weighted by atomic mass is 16.5. The number of hydrogen-bond donors (Lipinski definition) is 2. The van der Waals surface area contributed by atoms with E-state index in [9.17, 15) is 0 Å². The van der Waals surface area contributed by atoms with E-state index < -0.39 is 0 Å². The summed E-state index contributed by atoms with van der Waals surface area (Å²) in [5, 5.41) is 4.59. The number of nitrogens with one attached hydrogen (secondary N) is 1. The fourth-order valence-electron chi connectivity index (χ4n) is 5.15. The lowest BCUT2D eigenvalue weighted by Gasteiger charge is -2.30. The van der Waals surface area contributed by atoms with Crippen LogP contribution in [0.5, 0.6) is 5.75 Å². The third-order valence-electron chi connectivity index (χ3n) is 7.30. The molecule has 0 radical (unpaired) electrons. The Morgan fingerprint density at radius 1 is 1.03 bits per heavy atom. The Morgan fingerprint density at radius 2 is 1.86 bits per heavy atom. The summed E-state index contributed by atoms with van der Waals surface area (Å²) in [5.74, 6) is 0.920. The second kappa shape index (κ2) is 9.62. The van der Waals surface area contributed by atoms with E-state index in [4.69, 9.17) is 15.2 Å². The van der Waals surface area contributed by atoms with Crippen LogP contribution >= 0.6 is 0 Å². The molecule has 0 bridgehead atoms. The first-order valence-electron chi connectivity index (χ1n) is 12.7. The molecule has 180 valence electrons. The van der Waals surface area contributed by atoms with Crippen molar-refractivity contribution in [3.63, 3.8) is 0 Å². The van der Waals surface area contributed by atoms with Crippen molar-refractivity contribution in [3.8, 4) is 17.0 Å². The standard InChI is InChI=1S/C29H32N4O2/c30-28-26-11-10-25(35-24-12-15-34-16-13-24)17-27(26)33(23-4-1-5-23)29(28)21-6-8-22(9-7-21)32-19-20-3-2-14-31-18-20/h2-3,6-11,14,17-18,23-24,32H,1,4-5,12-13,15-16,19,30H2. The van der Waals surface area contributed by atoms with Crippen molar-refractivity contribution in [1.82, 2.24) is 9.55 Å². The van der Waals surface area contributed by atoms with Gasteiger partial charge in [-0.05, 0) is 55.2 Å². The van der Waals surface area contributed by atoms with E-state index in [0.29, 0.717) is 6.04 Å². The number of nitrogens with two attached hydrogens (primary N) is 1. The van der Waals surface area contributed by atoms with E-state index in [1.165, 1.54) is 24.8 Å². The predicted molar refractivity (Wildman–Crippen MR) is 141 cm³/mol. The summed E-state index contributed by atoms with van der Waals surface area (Å²) < 4.78 is 14.3. The number of benzene rings is 2. The Morgan fingerprint density at radius 3 is 2.57 bits per heavy atom. The topological polar surface area (TPSA) is 74.3 Å². The van der Waals surface area contributed by atoms with Crippen LogP contribution in [-0.2, 0) is 11.3 Å². The van der Waals surface area contributed by atoms with Crippen molar-refractivity contribution in [2.45, 2.75) is 50.8 Å². The van der Waals surface area contributed by atoms with Crippen molar-refractivity contribution in [3.05, 3.63) is 72.6 Å². The van der Waals surface area contributed by atoms with Crippen LogP contribution in [0.4, 0.5) is 11.4 Å². The average Bonchev–Trinajstić information content (AvgIpc) is 3.14. The Kier molecular flexibility index (Phi) is 6.05. The van der Waals surface area contributed by atoms with E-state index >= 15 is 0 Å². The zero-order valence-electron chi connectivity index (χ0n) is 20.0. The molecule has 1 saturated carbocycles. The normalized spacial score (nSPS) is 16.8. The van der Waals surface area contributed by atoms with Gasteiger partial charge in [-0.25, -0.2) is 0 Å². The lowest BCUT2D eigenvalue weighted by Crippen LogP contribution is -2.25. The van der Waals surface area contributed by atoms with Crippen molar-refractivity contribution in [2.75, 3.05) is 24.3 Å². The molecule has 0 spiro atoms. The van der Waals surface area contributed by atoms with Crippen LogP contribution in [0.3, 0.4) is 0 Å². The van der Waals surface area contributed by atoms with E-state index in [-0.39, 0.29) is 6.10 Å². The van der Waals surface area contributed by atoms with Crippen molar-refractivity contribution in [1.29, 1.82) is 0 Å². The molecule has 0 unspecified atom stereocenters. The van der Waals surface area contributed by atoms with Crippen molar-refractivity contribution >= 4 is 22.3 Å². The second-order valence-corrected chi connectivity index (χ2v) is 9.62. The van der Waals surface area contributed by atoms with Gasteiger partial charge in [-0.2, -0.15) is 0 Å². The molecule has 1 aliphatic heterocycles. The lowest BCUT2D eigenvalue weighted by molar-refractivity contribution is 0.0256. The number of ether oxygens (including phenoxy) is 2. The number of pyridine rings is 1. The molecule has 6 rings (SSSR count). The number of anilines is 2. The number of nitrogen functional groups attached to an aromatic ring is 1. The Hall–Kier alpha value is -3.51. The quantitative estimate of drug-likeness (QED) is 0.339. The molecule has 1 saturated heterocycles. The maximum atomic E-state index is 6.79. The van der Waals surface area contributed by atoms with Gasteiger partial charge in [-0.15, -0.1) is 0 Å². The molecule has 2 fully saturated rings. The van der Waals surface area contributed by atoms with Gasteiger partial charge in [0.05, 0.1) is 30.1 Å². The zero-order chi connectivity index (χ0) is 23.6. The van der Waals surface area contributed by atoms with Gasteiger partial charge in [0.2, 0.25) is 0 Å². The molecule has 3 N–H and O–H groups in total. The minimum Gasteiger partial charge on any atom is -0.490 e. The molecule has 2 aromatic heterocycles. The number of fused-ring (bicyclic) bond motifs is 1. The SMILES string of the molecule is Nc1c(-c2ccc(NCc3cccnc3)cc2)n(C2CCC2)c2cc(OC3CCOCC3)ccc12. The Labute approximate surface area is 206 Å². The van der Waals surface area contributed by atoms with Gasteiger partial charge in [0.25, 0.3) is 0 Å². The van der Waals surface area contributed by atoms with Gasteiger partial charge < -0.3 is 25.1 Å². The predicted octanol–water partition coefficient (Wildman–Crippen LogP) is 6.18. The third kappa shape index (κ3) is 4.46. The van der Waals surface area contributed by atoms with Crippen LogP contribution < -0.4 is 15.8 Å². The summed E-state index contributed by atoms with van der Waals surface area (Å²) in [4.78, 5) is 4.19. The third-order valence-corrected chi connectivity index (χ3v) is 7.30. The number of hydrogen-bond acceptors (Lipinski definition) is 5. The zero-order valence-corrected chi connectivity index (χ0v) is 20.0. The molecule has 4 aromatic rings. The van der Waals surface area contributed by atoms with Crippen LogP contribution in [0.15, 0.2) is 67.0 Å². The van der Waals surface area contributed by atoms with Gasteiger partial charge in [0.15, 0.2) is 0 Å². The first-order valence-corrected chi connectivity index (χ1v) is 12.7. The Balaban J connectivity index is 1.31. The van der Waals surface area contributed by atoms with Crippen LogP contribution in [0.1, 0.15) is 43.7 Å². The summed E-state index contributed by atoms with van der Waals surface area (Å²) in [6, 6.07) is 19.5. The fraction of sp³-hybridized carbons (Fsp3) is 0.345. The molecular weight excluding hydrogens is 436 g/mol. The molecule has 6 heteroatoms. The molecule has 2 aliphatic rings. The number of nitrogens with zero attached hydrogens (tertiary/aromatic N) is 2. The van der Waals surface area contributed by atoms with Crippen LogP contribution in [0.2, 0.25) is 0 Å². The maximum absolute atomic E-state index is 6.79. The average molecular weight is 469 g/mol. The molecule has 6 nitrogen and oxygen atoms in total. The van der Waals surface area contributed by atoms with E-state index in [1.54, 1.807) is 6.20 Å². The molecular formula is C29H32N4O2. The molecule has 2 aromatic carbocycles. The van der Waals surface area contributed by atoms with Crippen molar-refractivity contribution < 1.29 is 9.47 Å². The first-order chi connectivity index (χ1) is 17.3. The van der Waals surface area contributed by atoms with Gasteiger partial charge in [0.1, 0.15) is 11.9 Å². The molecule has 0 amide bonds.